The van der Waals surface area contributed by atoms with Gasteiger partial charge in [0.25, 0.3) is 0 Å². The van der Waals surface area contributed by atoms with E-state index in [1.165, 1.54) is 0 Å². The molecule has 0 heterocycles. The van der Waals surface area contributed by atoms with Crippen LogP contribution in [-0.4, -0.2) is 12.4 Å². The minimum atomic E-state index is 0.306. The van der Waals surface area contributed by atoms with Crippen LogP contribution in [0.5, 0.6) is 5.75 Å². The summed E-state index contributed by atoms with van der Waals surface area (Å²) in [6, 6.07) is 2.03. The third-order valence-corrected chi connectivity index (χ3v) is 4.47. The number of ketones is 1. The smallest absolute Gasteiger partial charge is 0.133 e. The van der Waals surface area contributed by atoms with E-state index in [-0.39, 0.29) is 0 Å². The van der Waals surface area contributed by atoms with Gasteiger partial charge in [-0.15, -0.1) is 0 Å². The number of carbonyl (C=O) groups is 1. The normalized spacial score (nSPS) is 12.3. The molecule has 1 unspecified atom stereocenters. The van der Waals surface area contributed by atoms with Crippen LogP contribution in [0.1, 0.15) is 63.1 Å². The van der Waals surface area contributed by atoms with Crippen molar-refractivity contribution < 1.29 is 9.53 Å². The maximum atomic E-state index is 11.8. The van der Waals surface area contributed by atoms with Crippen molar-refractivity contribution in [3.8, 4) is 5.75 Å². The van der Waals surface area contributed by atoms with Gasteiger partial charge in [0.15, 0.2) is 0 Å². The summed E-state index contributed by atoms with van der Waals surface area (Å²) in [5, 5.41) is 0.811. The van der Waals surface area contributed by atoms with Crippen LogP contribution in [0, 0.1) is 19.8 Å². The van der Waals surface area contributed by atoms with Gasteiger partial charge in [-0.1, -0.05) is 32.4 Å². The fourth-order valence-corrected chi connectivity index (χ4v) is 2.91. The average molecular weight is 325 g/mol. The third-order valence-electron chi connectivity index (χ3n) is 3.89. The van der Waals surface area contributed by atoms with Gasteiger partial charge in [0.1, 0.15) is 11.5 Å². The molecule has 0 N–H and O–H groups in total. The van der Waals surface area contributed by atoms with Crippen molar-refractivity contribution in [3.63, 3.8) is 0 Å². The van der Waals surface area contributed by atoms with Crippen LogP contribution in [0.15, 0.2) is 6.07 Å². The van der Waals surface area contributed by atoms with E-state index >= 15 is 0 Å². The molecule has 124 valence electrons. The van der Waals surface area contributed by atoms with Crippen LogP contribution in [0.25, 0.3) is 0 Å². The predicted octanol–water partition coefficient (Wildman–Crippen LogP) is 5.68. The lowest BCUT2D eigenvalue weighted by Gasteiger charge is -2.19. The SMILES string of the molecule is CCCOc1cc(C)c(Cl)c(C)c1CC(C)CC(=O)CCC. The number of rotatable bonds is 9. The molecule has 0 saturated carbocycles. The number of ether oxygens (including phenoxy) is 1. The Morgan fingerprint density at radius 1 is 1.27 bits per heavy atom. The van der Waals surface area contributed by atoms with Gasteiger partial charge in [0, 0.05) is 17.9 Å². The number of benzene rings is 1. The van der Waals surface area contributed by atoms with Crippen molar-refractivity contribution >= 4 is 17.4 Å². The highest BCUT2D eigenvalue weighted by Gasteiger charge is 2.17. The Labute approximate surface area is 140 Å². The average Bonchev–Trinajstić information content (AvgIpc) is 2.46. The molecule has 0 aromatic heterocycles. The molecule has 3 heteroatoms. The zero-order valence-electron chi connectivity index (χ0n) is 14.6. The highest BCUT2D eigenvalue weighted by Crippen LogP contribution is 2.34. The first-order chi connectivity index (χ1) is 10.4. The van der Waals surface area contributed by atoms with Crippen molar-refractivity contribution in [1.29, 1.82) is 0 Å². The molecule has 0 amide bonds. The summed E-state index contributed by atoms with van der Waals surface area (Å²) in [4.78, 5) is 11.8. The van der Waals surface area contributed by atoms with Crippen molar-refractivity contribution in [1.82, 2.24) is 0 Å². The van der Waals surface area contributed by atoms with Crippen LogP contribution in [0.3, 0.4) is 0 Å². The van der Waals surface area contributed by atoms with E-state index in [1.54, 1.807) is 0 Å². The number of Topliss-reactive ketones (excluding diaryl/α,β-unsaturated/α-hetero) is 1. The zero-order chi connectivity index (χ0) is 16.7. The quantitative estimate of drug-likeness (QED) is 0.583. The molecule has 2 nitrogen and oxygen atoms in total. The molecule has 0 aliphatic rings. The number of halogens is 1. The molecule has 0 spiro atoms. The second kappa shape index (κ2) is 9.19. The van der Waals surface area contributed by atoms with E-state index in [2.05, 4.69) is 13.8 Å². The fourth-order valence-electron chi connectivity index (χ4n) is 2.74. The monoisotopic (exact) mass is 324 g/mol. The Balaban J connectivity index is 2.95. The Kier molecular flexibility index (Phi) is 7.95. The van der Waals surface area contributed by atoms with Gasteiger partial charge in [-0.05, 0) is 61.8 Å². The third kappa shape index (κ3) is 5.31. The summed E-state index contributed by atoms with van der Waals surface area (Å²) in [5.41, 5.74) is 3.28. The zero-order valence-corrected chi connectivity index (χ0v) is 15.3. The summed E-state index contributed by atoms with van der Waals surface area (Å²) in [7, 11) is 0. The second-order valence-electron chi connectivity index (χ2n) is 6.26. The Bertz CT molecular complexity index is 509. The summed E-state index contributed by atoms with van der Waals surface area (Å²) in [5.74, 6) is 1.58. The maximum Gasteiger partial charge on any atom is 0.133 e. The van der Waals surface area contributed by atoms with Crippen LogP contribution in [0.4, 0.5) is 0 Å². The summed E-state index contributed by atoms with van der Waals surface area (Å²) in [6.45, 7) is 11.0. The largest absolute Gasteiger partial charge is 0.493 e. The standard InChI is InChI=1S/C19H29ClO2/c1-6-8-16(21)10-13(3)11-17-15(5)19(20)14(4)12-18(17)22-9-7-2/h12-13H,6-11H2,1-5H3. The van der Waals surface area contributed by atoms with Crippen LogP contribution < -0.4 is 4.74 Å². The molecule has 0 fully saturated rings. The lowest BCUT2D eigenvalue weighted by molar-refractivity contribution is -0.119. The van der Waals surface area contributed by atoms with Gasteiger partial charge >= 0.3 is 0 Å². The van der Waals surface area contributed by atoms with E-state index in [0.29, 0.717) is 31.1 Å². The van der Waals surface area contributed by atoms with Crippen molar-refractivity contribution in [2.75, 3.05) is 6.61 Å². The summed E-state index contributed by atoms with van der Waals surface area (Å²) in [6.07, 6.45) is 4.04. The summed E-state index contributed by atoms with van der Waals surface area (Å²) < 4.78 is 5.91. The van der Waals surface area contributed by atoms with E-state index in [4.69, 9.17) is 16.3 Å². The summed E-state index contributed by atoms with van der Waals surface area (Å²) >= 11 is 6.41. The van der Waals surface area contributed by atoms with Crippen LogP contribution in [-0.2, 0) is 11.2 Å². The molecule has 0 bridgehead atoms. The minimum absolute atomic E-state index is 0.306. The highest BCUT2D eigenvalue weighted by molar-refractivity contribution is 6.32. The number of carbonyl (C=O) groups excluding carboxylic acids is 1. The van der Waals surface area contributed by atoms with Gasteiger partial charge in [0.2, 0.25) is 0 Å². The molecule has 1 rings (SSSR count). The molecule has 0 saturated heterocycles. The van der Waals surface area contributed by atoms with Gasteiger partial charge in [-0.3, -0.25) is 4.79 Å². The van der Waals surface area contributed by atoms with Crippen LogP contribution in [0.2, 0.25) is 5.02 Å². The van der Waals surface area contributed by atoms with Gasteiger partial charge < -0.3 is 4.74 Å². The van der Waals surface area contributed by atoms with E-state index in [1.807, 2.05) is 26.8 Å². The lowest BCUT2D eigenvalue weighted by Crippen LogP contribution is -2.11. The fraction of sp³-hybridized carbons (Fsp3) is 0.632. The predicted molar refractivity (Wildman–Crippen MR) is 94.1 cm³/mol. The van der Waals surface area contributed by atoms with Gasteiger partial charge in [-0.25, -0.2) is 0 Å². The molecule has 0 aliphatic heterocycles. The lowest BCUT2D eigenvalue weighted by atomic mass is 9.91. The Morgan fingerprint density at radius 2 is 1.95 bits per heavy atom. The van der Waals surface area contributed by atoms with Gasteiger partial charge in [0.05, 0.1) is 6.61 Å². The molecule has 1 aromatic rings. The number of hydrogen-bond acceptors (Lipinski definition) is 2. The van der Waals surface area contributed by atoms with Gasteiger partial charge in [-0.2, -0.15) is 0 Å². The van der Waals surface area contributed by atoms with Crippen molar-refractivity contribution in [3.05, 3.63) is 27.8 Å². The van der Waals surface area contributed by atoms with Crippen molar-refractivity contribution in [2.24, 2.45) is 5.92 Å². The number of hydrogen-bond donors (Lipinski definition) is 0. The van der Waals surface area contributed by atoms with Crippen molar-refractivity contribution in [2.45, 2.75) is 66.7 Å². The minimum Gasteiger partial charge on any atom is -0.493 e. The molecular weight excluding hydrogens is 296 g/mol. The maximum absolute atomic E-state index is 11.8. The first kappa shape index (κ1) is 19.0. The first-order valence-corrected chi connectivity index (χ1v) is 8.71. The first-order valence-electron chi connectivity index (χ1n) is 8.33. The second-order valence-corrected chi connectivity index (χ2v) is 6.64. The van der Waals surface area contributed by atoms with Crippen LogP contribution >= 0.6 is 11.6 Å². The molecule has 0 aliphatic carbocycles. The molecule has 1 atom stereocenters. The highest BCUT2D eigenvalue weighted by atomic mass is 35.5. The topological polar surface area (TPSA) is 26.3 Å². The Hall–Kier alpha value is -1.02. The Morgan fingerprint density at radius 3 is 2.55 bits per heavy atom. The van der Waals surface area contributed by atoms with E-state index in [9.17, 15) is 4.79 Å². The molecule has 1 aromatic carbocycles. The number of aryl methyl sites for hydroxylation is 1. The molecule has 0 radical (unpaired) electrons. The molecule has 22 heavy (non-hydrogen) atoms. The van der Waals surface area contributed by atoms with E-state index < -0.39 is 0 Å². The van der Waals surface area contributed by atoms with E-state index in [0.717, 1.165) is 46.7 Å². The molecular formula is C19H29ClO2.